The van der Waals surface area contributed by atoms with Gasteiger partial charge in [0.1, 0.15) is 11.6 Å². The van der Waals surface area contributed by atoms with Gasteiger partial charge in [0.25, 0.3) is 0 Å². The summed E-state index contributed by atoms with van der Waals surface area (Å²) in [5.74, 6) is 0.564. The van der Waals surface area contributed by atoms with E-state index in [-0.39, 0.29) is 11.9 Å². The van der Waals surface area contributed by atoms with Gasteiger partial charge in [0.05, 0.1) is 13.2 Å². The first-order chi connectivity index (χ1) is 10.1. The van der Waals surface area contributed by atoms with Crippen LogP contribution >= 0.6 is 0 Å². The van der Waals surface area contributed by atoms with Crippen LogP contribution in [0.15, 0.2) is 42.5 Å². The Balaban J connectivity index is 2.33. The quantitative estimate of drug-likeness (QED) is 0.917. The number of aryl methyl sites for hydroxylation is 1. The summed E-state index contributed by atoms with van der Waals surface area (Å²) in [6.45, 7) is 2.28. The predicted octanol–water partition coefficient (Wildman–Crippen LogP) is 3.28. The lowest BCUT2D eigenvalue weighted by atomic mass is 10.0. The van der Waals surface area contributed by atoms with Crippen LogP contribution in [0.5, 0.6) is 5.75 Å². The van der Waals surface area contributed by atoms with Crippen molar-refractivity contribution in [3.63, 3.8) is 0 Å². The number of rotatable bonds is 5. The third-order valence-corrected chi connectivity index (χ3v) is 3.68. The van der Waals surface area contributed by atoms with E-state index in [2.05, 4.69) is 0 Å². The molecule has 2 N–H and O–H groups in total. The fourth-order valence-electron chi connectivity index (χ4n) is 2.41. The monoisotopic (exact) mass is 288 g/mol. The van der Waals surface area contributed by atoms with E-state index in [0.717, 1.165) is 17.0 Å². The number of nitrogens with two attached hydrogens (primary N) is 1. The smallest absolute Gasteiger partial charge is 0.128 e. The van der Waals surface area contributed by atoms with E-state index >= 15 is 0 Å². The minimum atomic E-state index is -0.226. The van der Waals surface area contributed by atoms with Gasteiger partial charge in [-0.1, -0.05) is 17.7 Å². The third kappa shape index (κ3) is 3.34. The maximum atomic E-state index is 14.1. The topological polar surface area (TPSA) is 38.5 Å². The number of hydrogen-bond donors (Lipinski definition) is 1. The minimum Gasteiger partial charge on any atom is -0.497 e. The summed E-state index contributed by atoms with van der Waals surface area (Å²) in [7, 11) is 3.55. The van der Waals surface area contributed by atoms with Gasteiger partial charge in [0.2, 0.25) is 0 Å². The first kappa shape index (κ1) is 15.3. The molecule has 0 aliphatic rings. The molecule has 0 amide bonds. The normalized spacial score (nSPS) is 12.0. The maximum Gasteiger partial charge on any atom is 0.128 e. The van der Waals surface area contributed by atoms with Gasteiger partial charge in [-0.25, -0.2) is 4.39 Å². The van der Waals surface area contributed by atoms with E-state index in [1.165, 1.54) is 6.07 Å². The molecule has 0 radical (unpaired) electrons. The number of hydrogen-bond acceptors (Lipinski definition) is 3. The Kier molecular flexibility index (Phi) is 4.81. The number of halogens is 1. The largest absolute Gasteiger partial charge is 0.497 e. The molecule has 3 nitrogen and oxygen atoms in total. The summed E-state index contributed by atoms with van der Waals surface area (Å²) in [5.41, 5.74) is 8.49. The highest BCUT2D eigenvalue weighted by Gasteiger charge is 2.19. The molecule has 0 aromatic heterocycles. The average Bonchev–Trinajstić information content (AvgIpc) is 2.51. The van der Waals surface area contributed by atoms with Crippen LogP contribution < -0.4 is 15.4 Å². The van der Waals surface area contributed by atoms with E-state index in [1.54, 1.807) is 13.2 Å². The van der Waals surface area contributed by atoms with Crippen molar-refractivity contribution in [1.29, 1.82) is 0 Å². The Bertz CT molecular complexity index is 598. The van der Waals surface area contributed by atoms with Gasteiger partial charge in [-0.2, -0.15) is 0 Å². The van der Waals surface area contributed by atoms with Crippen molar-refractivity contribution in [2.45, 2.75) is 13.0 Å². The number of ether oxygens (including phenoxy) is 1. The summed E-state index contributed by atoms with van der Waals surface area (Å²) < 4.78 is 19.3. The lowest BCUT2D eigenvalue weighted by Crippen LogP contribution is -2.31. The second-order valence-electron chi connectivity index (χ2n) is 5.09. The van der Waals surface area contributed by atoms with Crippen LogP contribution in [0.1, 0.15) is 17.2 Å². The van der Waals surface area contributed by atoms with Gasteiger partial charge >= 0.3 is 0 Å². The number of nitrogens with zero attached hydrogens (tertiary/aromatic N) is 1. The zero-order chi connectivity index (χ0) is 15.4. The third-order valence-electron chi connectivity index (χ3n) is 3.68. The summed E-state index contributed by atoms with van der Waals surface area (Å²) >= 11 is 0. The second kappa shape index (κ2) is 6.59. The Morgan fingerprint density at radius 1 is 1.19 bits per heavy atom. The molecule has 0 aliphatic heterocycles. The molecule has 2 aromatic rings. The van der Waals surface area contributed by atoms with Crippen LogP contribution in [0.3, 0.4) is 0 Å². The second-order valence-corrected chi connectivity index (χ2v) is 5.09. The first-order valence-electron chi connectivity index (χ1n) is 6.89. The molecule has 2 rings (SSSR count). The highest BCUT2D eigenvalue weighted by atomic mass is 19.1. The van der Waals surface area contributed by atoms with Crippen molar-refractivity contribution in [2.75, 3.05) is 25.6 Å². The molecule has 0 saturated heterocycles. The average molecular weight is 288 g/mol. The molecule has 0 bridgehead atoms. The molecule has 0 saturated carbocycles. The van der Waals surface area contributed by atoms with Gasteiger partial charge < -0.3 is 15.4 Å². The zero-order valence-corrected chi connectivity index (χ0v) is 12.6. The number of anilines is 1. The minimum absolute atomic E-state index is 0.210. The summed E-state index contributed by atoms with van der Waals surface area (Å²) in [5, 5.41) is 0. The van der Waals surface area contributed by atoms with Crippen molar-refractivity contribution in [3.05, 3.63) is 59.4 Å². The Morgan fingerprint density at radius 3 is 2.43 bits per heavy atom. The van der Waals surface area contributed by atoms with E-state index < -0.39 is 0 Å². The highest BCUT2D eigenvalue weighted by Crippen LogP contribution is 2.28. The van der Waals surface area contributed by atoms with E-state index in [4.69, 9.17) is 10.5 Å². The molecule has 0 heterocycles. The lowest BCUT2D eigenvalue weighted by Gasteiger charge is -2.30. The first-order valence-corrected chi connectivity index (χ1v) is 6.89. The van der Waals surface area contributed by atoms with E-state index in [1.807, 2.05) is 49.2 Å². The van der Waals surface area contributed by atoms with Crippen LogP contribution in [0.2, 0.25) is 0 Å². The molecule has 112 valence electrons. The molecule has 4 heteroatoms. The van der Waals surface area contributed by atoms with Crippen molar-refractivity contribution in [1.82, 2.24) is 0 Å². The molecule has 0 spiro atoms. The van der Waals surface area contributed by atoms with Crippen LogP contribution in [-0.4, -0.2) is 20.7 Å². The molecule has 0 aliphatic carbocycles. The highest BCUT2D eigenvalue weighted by molar-refractivity contribution is 5.51. The predicted molar refractivity (Wildman–Crippen MR) is 84.3 cm³/mol. The maximum absolute atomic E-state index is 14.1. The van der Waals surface area contributed by atoms with Gasteiger partial charge in [0, 0.05) is 24.8 Å². The molecular weight excluding hydrogens is 267 g/mol. The van der Waals surface area contributed by atoms with E-state index in [0.29, 0.717) is 12.1 Å². The summed E-state index contributed by atoms with van der Waals surface area (Å²) in [4.78, 5) is 1.98. The number of benzene rings is 2. The van der Waals surface area contributed by atoms with Gasteiger partial charge in [0.15, 0.2) is 0 Å². The van der Waals surface area contributed by atoms with Crippen molar-refractivity contribution in [3.8, 4) is 5.75 Å². The van der Waals surface area contributed by atoms with Crippen molar-refractivity contribution in [2.24, 2.45) is 5.73 Å². The Hall–Kier alpha value is -2.07. The van der Waals surface area contributed by atoms with Crippen LogP contribution in [0.4, 0.5) is 10.1 Å². The van der Waals surface area contributed by atoms with E-state index in [9.17, 15) is 4.39 Å². The van der Waals surface area contributed by atoms with Crippen LogP contribution in [0.25, 0.3) is 0 Å². The fraction of sp³-hybridized carbons (Fsp3) is 0.294. The van der Waals surface area contributed by atoms with Crippen LogP contribution in [-0.2, 0) is 0 Å². The van der Waals surface area contributed by atoms with Gasteiger partial charge in [-0.15, -0.1) is 0 Å². The van der Waals surface area contributed by atoms with Gasteiger partial charge in [-0.3, -0.25) is 0 Å². The van der Waals surface area contributed by atoms with Crippen molar-refractivity contribution >= 4 is 5.69 Å². The Labute approximate surface area is 125 Å². The molecule has 21 heavy (non-hydrogen) atoms. The standard InChI is InChI=1S/C17H21FN2O/c1-12-4-9-16(18)15(10-12)17(11-19)20(2)13-5-7-14(21-3)8-6-13/h4-10,17H,11,19H2,1-3H3. The molecule has 2 aromatic carbocycles. The molecule has 1 unspecified atom stereocenters. The van der Waals surface area contributed by atoms with Gasteiger partial charge in [-0.05, 0) is 37.3 Å². The van der Waals surface area contributed by atoms with Crippen LogP contribution in [0, 0.1) is 12.7 Å². The Morgan fingerprint density at radius 2 is 1.86 bits per heavy atom. The van der Waals surface area contributed by atoms with Crippen molar-refractivity contribution < 1.29 is 9.13 Å². The lowest BCUT2D eigenvalue weighted by molar-refractivity contribution is 0.415. The fourth-order valence-corrected chi connectivity index (χ4v) is 2.41. The molecule has 1 atom stereocenters. The number of methoxy groups -OCH3 is 1. The zero-order valence-electron chi connectivity index (χ0n) is 12.6. The SMILES string of the molecule is COc1ccc(N(C)C(CN)c2cc(C)ccc2F)cc1. The molecular formula is C17H21FN2O. The summed E-state index contributed by atoms with van der Waals surface area (Å²) in [6.07, 6.45) is 0. The number of likely N-dealkylation sites (N-methyl/N-ethyl adjacent to an activating group) is 1. The summed E-state index contributed by atoms with van der Waals surface area (Å²) in [6, 6.07) is 12.5. The molecule has 0 fully saturated rings.